The third kappa shape index (κ3) is 3.88. The number of carbonyl (C=O) groups is 1. The quantitative estimate of drug-likeness (QED) is 0.768. The van der Waals surface area contributed by atoms with E-state index in [1.165, 1.54) is 0 Å². The minimum Gasteiger partial charge on any atom is -0.342 e. The summed E-state index contributed by atoms with van der Waals surface area (Å²) in [6.07, 6.45) is 3.16. The molecule has 1 aliphatic rings. The fraction of sp³-hybridized carbons (Fsp3) is 0.923. The summed E-state index contributed by atoms with van der Waals surface area (Å²) < 4.78 is 0. The molecule has 3 atom stereocenters. The van der Waals surface area contributed by atoms with Gasteiger partial charge < -0.3 is 9.80 Å². The summed E-state index contributed by atoms with van der Waals surface area (Å²) in [7, 11) is 4.14. The van der Waals surface area contributed by atoms with Gasteiger partial charge >= 0.3 is 0 Å². The van der Waals surface area contributed by atoms with Crippen molar-refractivity contribution < 1.29 is 4.79 Å². The maximum absolute atomic E-state index is 12.3. The number of nitrogens with zero attached hydrogens (tertiary/aromatic N) is 2. The van der Waals surface area contributed by atoms with Crippen LogP contribution in [0, 0.1) is 11.8 Å². The van der Waals surface area contributed by atoms with Crippen LogP contribution in [-0.4, -0.2) is 60.9 Å². The van der Waals surface area contributed by atoms with E-state index in [1.54, 1.807) is 11.8 Å². The van der Waals surface area contributed by atoms with Crippen LogP contribution in [0.15, 0.2) is 0 Å². The Balaban J connectivity index is 2.56. The van der Waals surface area contributed by atoms with Crippen LogP contribution < -0.4 is 0 Å². The Morgan fingerprint density at radius 3 is 2.76 bits per heavy atom. The monoisotopic (exact) mass is 258 g/mol. The Kier molecular flexibility index (Phi) is 5.80. The SMILES string of the molecule is CSC[C@H](C)C(=O)N(C)[C@@H]1CCN(C)C[C@@H]1C. The normalized spacial score (nSPS) is 27.8. The molecule has 100 valence electrons. The first kappa shape index (κ1) is 14.8. The van der Waals surface area contributed by atoms with E-state index in [1.807, 2.05) is 18.9 Å². The molecule has 1 amide bonds. The summed E-state index contributed by atoms with van der Waals surface area (Å²) in [6.45, 7) is 6.49. The molecule has 1 saturated heterocycles. The highest BCUT2D eigenvalue weighted by molar-refractivity contribution is 7.98. The Hall–Kier alpha value is -0.220. The summed E-state index contributed by atoms with van der Waals surface area (Å²) >= 11 is 1.75. The summed E-state index contributed by atoms with van der Waals surface area (Å²) in [6, 6.07) is 0.419. The lowest BCUT2D eigenvalue weighted by molar-refractivity contribution is -0.137. The van der Waals surface area contributed by atoms with Gasteiger partial charge in [-0.25, -0.2) is 0 Å². The maximum Gasteiger partial charge on any atom is 0.226 e. The summed E-state index contributed by atoms with van der Waals surface area (Å²) in [4.78, 5) is 16.6. The van der Waals surface area contributed by atoms with Crippen LogP contribution in [0.1, 0.15) is 20.3 Å². The first-order chi connectivity index (χ1) is 7.97. The van der Waals surface area contributed by atoms with Gasteiger partial charge in [-0.3, -0.25) is 4.79 Å². The Bertz CT molecular complexity index is 260. The zero-order valence-electron chi connectivity index (χ0n) is 11.8. The maximum atomic E-state index is 12.3. The molecule has 0 aromatic rings. The number of hydrogen-bond donors (Lipinski definition) is 0. The van der Waals surface area contributed by atoms with Crippen molar-refractivity contribution in [3.63, 3.8) is 0 Å². The van der Waals surface area contributed by atoms with Gasteiger partial charge in [0.05, 0.1) is 0 Å². The zero-order valence-corrected chi connectivity index (χ0v) is 12.6. The molecule has 3 nitrogen and oxygen atoms in total. The highest BCUT2D eigenvalue weighted by Gasteiger charge is 2.31. The fourth-order valence-electron chi connectivity index (χ4n) is 2.75. The fourth-order valence-corrected chi connectivity index (χ4v) is 3.39. The van der Waals surface area contributed by atoms with E-state index < -0.39 is 0 Å². The predicted octanol–water partition coefficient (Wildman–Crippen LogP) is 1.78. The van der Waals surface area contributed by atoms with Crippen molar-refractivity contribution in [3.05, 3.63) is 0 Å². The van der Waals surface area contributed by atoms with Gasteiger partial charge in [0.15, 0.2) is 0 Å². The van der Waals surface area contributed by atoms with Crippen LogP contribution in [0.3, 0.4) is 0 Å². The summed E-state index contributed by atoms with van der Waals surface area (Å²) in [5.41, 5.74) is 0. The van der Waals surface area contributed by atoms with Crippen LogP contribution in [0.5, 0.6) is 0 Å². The third-order valence-electron chi connectivity index (χ3n) is 3.75. The van der Waals surface area contributed by atoms with E-state index in [-0.39, 0.29) is 5.92 Å². The molecule has 4 heteroatoms. The molecule has 1 rings (SSSR count). The number of hydrogen-bond acceptors (Lipinski definition) is 3. The molecule has 17 heavy (non-hydrogen) atoms. The summed E-state index contributed by atoms with van der Waals surface area (Å²) in [5, 5.41) is 0. The van der Waals surface area contributed by atoms with Gasteiger partial charge in [-0.05, 0) is 32.2 Å². The van der Waals surface area contributed by atoms with E-state index in [0.717, 1.165) is 25.3 Å². The number of amides is 1. The average molecular weight is 258 g/mol. The molecule has 0 aromatic carbocycles. The summed E-state index contributed by atoms with van der Waals surface area (Å²) in [5.74, 6) is 1.94. The van der Waals surface area contributed by atoms with Gasteiger partial charge in [0, 0.05) is 31.3 Å². The molecule has 0 bridgehead atoms. The second-order valence-corrected chi connectivity index (χ2v) is 6.31. The largest absolute Gasteiger partial charge is 0.342 e. The first-order valence-electron chi connectivity index (χ1n) is 6.41. The lowest BCUT2D eigenvalue weighted by Gasteiger charge is -2.40. The van der Waals surface area contributed by atoms with Gasteiger partial charge in [0.2, 0.25) is 5.91 Å². The second kappa shape index (κ2) is 6.64. The van der Waals surface area contributed by atoms with Crippen molar-refractivity contribution in [2.45, 2.75) is 26.3 Å². The topological polar surface area (TPSA) is 23.6 Å². The first-order valence-corrected chi connectivity index (χ1v) is 7.81. The second-order valence-electron chi connectivity index (χ2n) is 5.40. The molecule has 0 aromatic heterocycles. The Morgan fingerprint density at radius 2 is 2.24 bits per heavy atom. The molecule has 1 fully saturated rings. The molecule has 0 N–H and O–H groups in total. The van der Waals surface area contributed by atoms with Crippen molar-refractivity contribution in [1.29, 1.82) is 0 Å². The van der Waals surface area contributed by atoms with E-state index in [9.17, 15) is 4.79 Å². The molecule has 1 heterocycles. The standard InChI is InChI=1S/C13H26N2OS/c1-10-8-14(3)7-6-12(10)15(4)13(16)11(2)9-17-5/h10-12H,6-9H2,1-5H3/t10-,11-,12+/m0/s1. The number of carbonyl (C=O) groups excluding carboxylic acids is 1. The molecule has 0 aliphatic carbocycles. The van der Waals surface area contributed by atoms with E-state index >= 15 is 0 Å². The Labute approximate surface area is 110 Å². The zero-order chi connectivity index (χ0) is 13.0. The van der Waals surface area contributed by atoms with Crippen LogP contribution in [0.4, 0.5) is 0 Å². The van der Waals surface area contributed by atoms with Crippen molar-refractivity contribution in [3.8, 4) is 0 Å². The highest BCUT2D eigenvalue weighted by Crippen LogP contribution is 2.22. The predicted molar refractivity (Wildman–Crippen MR) is 75.4 cm³/mol. The minimum atomic E-state index is 0.141. The molecule has 1 aliphatic heterocycles. The highest BCUT2D eigenvalue weighted by atomic mass is 32.2. The molecule has 0 unspecified atom stereocenters. The van der Waals surface area contributed by atoms with Gasteiger partial charge in [0.1, 0.15) is 0 Å². The smallest absolute Gasteiger partial charge is 0.226 e. The van der Waals surface area contributed by atoms with Crippen molar-refractivity contribution in [2.24, 2.45) is 11.8 Å². The lowest BCUT2D eigenvalue weighted by atomic mass is 9.92. The molecular formula is C13H26N2OS. The van der Waals surface area contributed by atoms with Crippen molar-refractivity contribution in [2.75, 3.05) is 39.2 Å². The van der Waals surface area contributed by atoms with Gasteiger partial charge in [-0.1, -0.05) is 13.8 Å². The third-order valence-corrected chi connectivity index (χ3v) is 4.58. The van der Waals surface area contributed by atoms with Crippen LogP contribution in [-0.2, 0) is 4.79 Å². The lowest BCUT2D eigenvalue weighted by Crippen LogP contribution is -2.51. The van der Waals surface area contributed by atoms with Crippen LogP contribution in [0.2, 0.25) is 0 Å². The van der Waals surface area contributed by atoms with Gasteiger partial charge in [-0.15, -0.1) is 0 Å². The van der Waals surface area contributed by atoms with Crippen molar-refractivity contribution in [1.82, 2.24) is 9.80 Å². The Morgan fingerprint density at radius 1 is 1.59 bits per heavy atom. The number of piperidine rings is 1. The van der Waals surface area contributed by atoms with Crippen LogP contribution >= 0.6 is 11.8 Å². The number of rotatable bonds is 4. The molecule has 0 saturated carbocycles. The number of likely N-dealkylation sites (tertiary alicyclic amines) is 1. The number of thioether (sulfide) groups is 1. The van der Waals surface area contributed by atoms with Gasteiger partial charge in [0.25, 0.3) is 0 Å². The molecule has 0 spiro atoms. The van der Waals surface area contributed by atoms with E-state index in [0.29, 0.717) is 17.9 Å². The average Bonchev–Trinajstić information content (AvgIpc) is 2.27. The van der Waals surface area contributed by atoms with Gasteiger partial charge in [-0.2, -0.15) is 11.8 Å². The molecule has 0 radical (unpaired) electrons. The minimum absolute atomic E-state index is 0.141. The van der Waals surface area contributed by atoms with Crippen LogP contribution in [0.25, 0.3) is 0 Å². The molecular weight excluding hydrogens is 232 g/mol. The van der Waals surface area contributed by atoms with E-state index in [2.05, 4.69) is 25.1 Å². The van der Waals surface area contributed by atoms with E-state index in [4.69, 9.17) is 0 Å². The van der Waals surface area contributed by atoms with Crippen molar-refractivity contribution >= 4 is 17.7 Å².